The van der Waals surface area contributed by atoms with Crippen molar-refractivity contribution < 1.29 is 4.79 Å². The molecular formula is C21H41IN6O. The molecule has 7 nitrogen and oxygen atoms in total. The van der Waals surface area contributed by atoms with E-state index in [1.54, 1.807) is 0 Å². The van der Waals surface area contributed by atoms with Gasteiger partial charge >= 0.3 is 0 Å². The van der Waals surface area contributed by atoms with Crippen LogP contribution < -0.4 is 10.6 Å². The molecule has 3 rings (SSSR count). The number of hydrogen-bond donors (Lipinski definition) is 2. The summed E-state index contributed by atoms with van der Waals surface area (Å²) >= 11 is 0. The molecule has 3 saturated heterocycles. The molecule has 1 unspecified atom stereocenters. The Morgan fingerprint density at radius 1 is 1.10 bits per heavy atom. The van der Waals surface area contributed by atoms with Crippen LogP contribution >= 0.6 is 24.0 Å². The van der Waals surface area contributed by atoms with E-state index in [0.29, 0.717) is 12.5 Å². The van der Waals surface area contributed by atoms with E-state index in [1.807, 2.05) is 18.9 Å². The van der Waals surface area contributed by atoms with Crippen LogP contribution in [0.2, 0.25) is 0 Å². The van der Waals surface area contributed by atoms with Gasteiger partial charge in [0.05, 0.1) is 0 Å². The van der Waals surface area contributed by atoms with E-state index in [-0.39, 0.29) is 35.4 Å². The normalized spacial score (nSPS) is 26.1. The number of aliphatic imine (C=N–C) groups is 1. The summed E-state index contributed by atoms with van der Waals surface area (Å²) in [5.41, 5.74) is 0.241. The smallest absolute Gasteiger partial charge is 0.222 e. The summed E-state index contributed by atoms with van der Waals surface area (Å²) in [6.07, 6.45) is 8.05. The summed E-state index contributed by atoms with van der Waals surface area (Å²) in [5, 5.41) is 7.21. The average Bonchev–Trinajstić information content (AvgIpc) is 3.21. The SMILES string of the molecule is CCC(=O)N1CCC(NC(=NC)NCC2(N3CCCCC3)CCN(C)CC2)C1.I. The van der Waals surface area contributed by atoms with Crippen molar-refractivity contribution in [2.24, 2.45) is 4.99 Å². The Bertz CT molecular complexity index is 543. The fraction of sp³-hybridized carbons (Fsp3) is 0.905. The molecule has 1 amide bonds. The van der Waals surface area contributed by atoms with E-state index < -0.39 is 0 Å². The topological polar surface area (TPSA) is 63.2 Å². The van der Waals surface area contributed by atoms with Crippen molar-refractivity contribution in [2.75, 3.05) is 59.9 Å². The molecule has 0 bridgehead atoms. The summed E-state index contributed by atoms with van der Waals surface area (Å²) in [4.78, 5) is 23.6. The van der Waals surface area contributed by atoms with Crippen LogP contribution in [0.4, 0.5) is 0 Å². The second-order valence-corrected chi connectivity index (χ2v) is 8.82. The number of carbonyl (C=O) groups excluding carboxylic acids is 1. The number of hydrogen-bond acceptors (Lipinski definition) is 4. The molecule has 3 fully saturated rings. The summed E-state index contributed by atoms with van der Waals surface area (Å²) in [7, 11) is 4.08. The highest BCUT2D eigenvalue weighted by Gasteiger charge is 2.39. The Morgan fingerprint density at radius 2 is 1.79 bits per heavy atom. The van der Waals surface area contributed by atoms with Crippen molar-refractivity contribution in [3.05, 3.63) is 0 Å². The van der Waals surface area contributed by atoms with Gasteiger partial charge in [0, 0.05) is 44.7 Å². The zero-order chi connectivity index (χ0) is 20.0. The molecular weight excluding hydrogens is 479 g/mol. The molecule has 0 aliphatic carbocycles. The molecule has 0 radical (unpaired) electrons. The largest absolute Gasteiger partial charge is 0.355 e. The second kappa shape index (κ2) is 11.7. The quantitative estimate of drug-likeness (QED) is 0.329. The van der Waals surface area contributed by atoms with E-state index in [1.165, 1.54) is 58.3 Å². The van der Waals surface area contributed by atoms with Crippen LogP contribution in [0.1, 0.15) is 51.9 Å². The third-order valence-corrected chi connectivity index (χ3v) is 6.94. The molecule has 0 aromatic rings. The van der Waals surface area contributed by atoms with Gasteiger partial charge in [0.2, 0.25) is 5.91 Å². The lowest BCUT2D eigenvalue weighted by atomic mass is 9.84. The first-order valence-corrected chi connectivity index (χ1v) is 11.2. The van der Waals surface area contributed by atoms with Gasteiger partial charge in [-0.15, -0.1) is 24.0 Å². The highest BCUT2D eigenvalue weighted by Crippen LogP contribution is 2.30. The molecule has 1 atom stereocenters. The van der Waals surface area contributed by atoms with Gasteiger partial charge in [0.15, 0.2) is 5.96 Å². The van der Waals surface area contributed by atoms with E-state index in [2.05, 4.69) is 32.5 Å². The fourth-order valence-electron chi connectivity index (χ4n) is 4.97. The number of nitrogens with zero attached hydrogens (tertiary/aromatic N) is 4. The van der Waals surface area contributed by atoms with Crippen molar-refractivity contribution in [3.63, 3.8) is 0 Å². The Hall–Kier alpha value is -0.610. The maximum Gasteiger partial charge on any atom is 0.222 e. The van der Waals surface area contributed by atoms with Crippen LogP contribution in [0.25, 0.3) is 0 Å². The van der Waals surface area contributed by atoms with E-state index in [0.717, 1.165) is 32.0 Å². The minimum absolute atomic E-state index is 0. The first kappa shape index (κ1) is 24.7. The predicted molar refractivity (Wildman–Crippen MR) is 130 cm³/mol. The number of amides is 1. The second-order valence-electron chi connectivity index (χ2n) is 8.82. The molecule has 0 aromatic heterocycles. The molecule has 0 aromatic carbocycles. The highest BCUT2D eigenvalue weighted by atomic mass is 127. The van der Waals surface area contributed by atoms with Crippen LogP contribution in [0.15, 0.2) is 4.99 Å². The Balaban J connectivity index is 0.00000300. The predicted octanol–water partition coefficient (Wildman–Crippen LogP) is 1.73. The van der Waals surface area contributed by atoms with Crippen LogP contribution in [-0.4, -0.2) is 98.1 Å². The number of piperidine rings is 2. The first-order valence-electron chi connectivity index (χ1n) is 11.2. The number of rotatable bonds is 5. The van der Waals surface area contributed by atoms with Crippen molar-refractivity contribution in [1.82, 2.24) is 25.3 Å². The minimum Gasteiger partial charge on any atom is -0.355 e. The molecule has 29 heavy (non-hydrogen) atoms. The lowest BCUT2D eigenvalue weighted by Gasteiger charge is -2.50. The summed E-state index contributed by atoms with van der Waals surface area (Å²) in [6, 6.07) is 0.296. The molecule has 2 N–H and O–H groups in total. The highest BCUT2D eigenvalue weighted by molar-refractivity contribution is 14.0. The summed E-state index contributed by atoms with van der Waals surface area (Å²) < 4.78 is 0. The lowest BCUT2D eigenvalue weighted by Crippen LogP contribution is -2.62. The van der Waals surface area contributed by atoms with Gasteiger partial charge in [0.25, 0.3) is 0 Å². The number of nitrogens with one attached hydrogen (secondary N) is 2. The zero-order valence-electron chi connectivity index (χ0n) is 18.6. The number of likely N-dealkylation sites (tertiary alicyclic amines) is 3. The van der Waals surface area contributed by atoms with E-state index >= 15 is 0 Å². The molecule has 0 spiro atoms. The van der Waals surface area contributed by atoms with Crippen molar-refractivity contribution in [2.45, 2.75) is 63.5 Å². The van der Waals surface area contributed by atoms with Crippen LogP contribution in [0.5, 0.6) is 0 Å². The Kier molecular flexibility index (Phi) is 9.94. The lowest BCUT2D eigenvalue weighted by molar-refractivity contribution is -0.129. The molecule has 8 heteroatoms. The van der Waals surface area contributed by atoms with Gasteiger partial charge in [-0.05, 0) is 65.3 Å². The maximum atomic E-state index is 11.9. The van der Waals surface area contributed by atoms with Gasteiger partial charge in [-0.3, -0.25) is 14.7 Å². The maximum absolute atomic E-state index is 11.9. The van der Waals surface area contributed by atoms with Crippen molar-refractivity contribution in [3.8, 4) is 0 Å². The van der Waals surface area contributed by atoms with E-state index in [9.17, 15) is 4.79 Å². The van der Waals surface area contributed by atoms with Crippen LogP contribution in [0, 0.1) is 0 Å². The molecule has 0 saturated carbocycles. The third-order valence-electron chi connectivity index (χ3n) is 6.94. The van der Waals surface area contributed by atoms with Crippen LogP contribution in [-0.2, 0) is 4.79 Å². The molecule has 168 valence electrons. The average molecular weight is 521 g/mol. The Morgan fingerprint density at radius 3 is 2.41 bits per heavy atom. The number of guanidine groups is 1. The van der Waals surface area contributed by atoms with E-state index in [4.69, 9.17) is 0 Å². The summed E-state index contributed by atoms with van der Waals surface area (Å²) in [6.45, 7) is 9.32. The summed E-state index contributed by atoms with van der Waals surface area (Å²) in [5.74, 6) is 1.13. The number of halogens is 1. The van der Waals surface area contributed by atoms with Gasteiger partial charge in [0.1, 0.15) is 0 Å². The number of carbonyl (C=O) groups is 1. The standard InChI is InChI=1S/C21H40N6O.HI/c1-4-19(28)26-13-8-18(16-26)24-20(22-2)23-17-21(9-14-25(3)15-10-21)27-11-6-5-7-12-27;/h18H,4-17H2,1-3H3,(H2,22,23,24);1H. The first-order chi connectivity index (χ1) is 13.6. The molecule has 3 aliphatic heterocycles. The van der Waals surface area contributed by atoms with Gasteiger partial charge < -0.3 is 20.4 Å². The molecule has 3 aliphatic rings. The fourth-order valence-corrected chi connectivity index (χ4v) is 4.97. The van der Waals surface area contributed by atoms with Crippen LogP contribution in [0.3, 0.4) is 0 Å². The third kappa shape index (κ3) is 6.43. The minimum atomic E-state index is 0. The van der Waals surface area contributed by atoms with Crippen molar-refractivity contribution in [1.29, 1.82) is 0 Å². The monoisotopic (exact) mass is 520 g/mol. The van der Waals surface area contributed by atoms with Gasteiger partial charge in [-0.2, -0.15) is 0 Å². The van der Waals surface area contributed by atoms with Crippen molar-refractivity contribution >= 4 is 35.8 Å². The molecule has 3 heterocycles. The zero-order valence-corrected chi connectivity index (χ0v) is 20.9. The van der Waals surface area contributed by atoms with Gasteiger partial charge in [-0.25, -0.2) is 0 Å². The van der Waals surface area contributed by atoms with Gasteiger partial charge in [-0.1, -0.05) is 13.3 Å². The Labute approximate surface area is 194 Å².